The summed E-state index contributed by atoms with van der Waals surface area (Å²) < 4.78 is 27.8. The van der Waals surface area contributed by atoms with Gasteiger partial charge in [0.2, 0.25) is 21.8 Å². The van der Waals surface area contributed by atoms with Crippen LogP contribution in [0.3, 0.4) is 0 Å². The molecule has 0 aliphatic carbocycles. The molecule has 1 aromatic rings. The van der Waals surface area contributed by atoms with Crippen molar-refractivity contribution in [1.29, 1.82) is 0 Å². The first kappa shape index (κ1) is 20.8. The van der Waals surface area contributed by atoms with Crippen LogP contribution in [0.15, 0.2) is 23.1 Å². The number of aryl methyl sites for hydroxylation is 1. The zero-order valence-electron chi connectivity index (χ0n) is 16.4. The quantitative estimate of drug-likeness (QED) is 0.650. The molecule has 2 N–H and O–H groups in total. The lowest BCUT2D eigenvalue weighted by molar-refractivity contribution is -0.133. The van der Waals surface area contributed by atoms with E-state index in [1.165, 1.54) is 6.07 Å². The summed E-state index contributed by atoms with van der Waals surface area (Å²) in [6.07, 6.45) is 3.39. The minimum absolute atomic E-state index is 0.0470. The number of hydrogen-bond donors (Lipinski definition) is 2. The van der Waals surface area contributed by atoms with E-state index in [1.807, 2.05) is 0 Å². The number of likely N-dealkylation sites (tertiary alicyclic amines) is 1. The number of rotatable bonds is 7. The average molecular weight is 409 g/mol. The molecule has 0 spiro atoms. The molecule has 1 fully saturated rings. The summed E-state index contributed by atoms with van der Waals surface area (Å²) in [6.45, 7) is 1.87. The largest absolute Gasteiger partial charge is 0.347 e. The Hall–Kier alpha value is -1.97. The third kappa shape index (κ3) is 4.71. The number of nitrogens with zero attached hydrogens (tertiary/aromatic N) is 2. The normalized spacial score (nSPS) is 19.9. The molecule has 0 saturated carbocycles. The van der Waals surface area contributed by atoms with Crippen molar-refractivity contribution in [3.8, 4) is 0 Å². The van der Waals surface area contributed by atoms with Crippen LogP contribution in [0.2, 0.25) is 0 Å². The third-order valence-electron chi connectivity index (χ3n) is 5.29. The molecule has 1 atom stereocenters. The number of benzene rings is 1. The highest BCUT2D eigenvalue weighted by molar-refractivity contribution is 7.89. The molecule has 2 heterocycles. The van der Waals surface area contributed by atoms with Crippen LogP contribution in [-0.4, -0.2) is 69.8 Å². The smallest absolute Gasteiger partial charge is 0.240 e. The van der Waals surface area contributed by atoms with Gasteiger partial charge in [0.25, 0.3) is 0 Å². The molecule has 0 aromatic heterocycles. The summed E-state index contributed by atoms with van der Waals surface area (Å²) in [4.78, 5) is 27.6. The van der Waals surface area contributed by atoms with Crippen molar-refractivity contribution in [1.82, 2.24) is 14.5 Å². The van der Waals surface area contributed by atoms with Gasteiger partial charge >= 0.3 is 0 Å². The number of hydrogen-bond acceptors (Lipinski definition) is 5. The van der Waals surface area contributed by atoms with Gasteiger partial charge in [0.1, 0.15) is 0 Å². The van der Waals surface area contributed by atoms with E-state index in [0.717, 1.165) is 24.9 Å². The Kier molecular flexibility index (Phi) is 6.36. The van der Waals surface area contributed by atoms with Crippen LogP contribution in [-0.2, 0) is 26.0 Å². The number of nitrogens with one attached hydrogen (secondary N) is 2. The number of amides is 2. The average Bonchev–Trinajstić information content (AvgIpc) is 3.12. The van der Waals surface area contributed by atoms with Crippen LogP contribution in [0.4, 0.5) is 5.69 Å². The Morgan fingerprint density at radius 1 is 1.32 bits per heavy atom. The lowest BCUT2D eigenvalue weighted by atomic mass is 10.0. The number of fused-ring (bicyclic) bond motifs is 1. The Balaban J connectivity index is 1.53. The predicted octanol–water partition coefficient (Wildman–Crippen LogP) is 0.792. The predicted molar refractivity (Wildman–Crippen MR) is 106 cm³/mol. The Morgan fingerprint density at radius 2 is 2.11 bits per heavy atom. The first-order valence-electron chi connectivity index (χ1n) is 9.65. The number of sulfonamides is 1. The van der Waals surface area contributed by atoms with Gasteiger partial charge in [-0.2, -0.15) is 0 Å². The second kappa shape index (κ2) is 8.59. The Labute approximate surface area is 166 Å². The molecule has 1 unspecified atom stereocenters. The molecule has 3 rings (SSSR count). The van der Waals surface area contributed by atoms with Crippen molar-refractivity contribution in [2.45, 2.75) is 43.0 Å². The first-order valence-corrected chi connectivity index (χ1v) is 11.1. The molecule has 154 valence electrons. The van der Waals surface area contributed by atoms with E-state index in [2.05, 4.69) is 14.9 Å². The van der Waals surface area contributed by atoms with Gasteiger partial charge in [0, 0.05) is 39.3 Å². The minimum Gasteiger partial charge on any atom is -0.347 e. The number of anilines is 1. The van der Waals surface area contributed by atoms with E-state index in [0.29, 0.717) is 38.0 Å². The fourth-order valence-corrected chi connectivity index (χ4v) is 4.89. The zero-order valence-corrected chi connectivity index (χ0v) is 17.2. The summed E-state index contributed by atoms with van der Waals surface area (Å²) >= 11 is 0. The highest BCUT2D eigenvalue weighted by Gasteiger charge is 2.31. The van der Waals surface area contributed by atoms with Crippen molar-refractivity contribution in [2.75, 3.05) is 39.0 Å². The zero-order chi connectivity index (χ0) is 20.3. The van der Waals surface area contributed by atoms with Gasteiger partial charge in [-0.3, -0.25) is 14.5 Å². The van der Waals surface area contributed by atoms with Gasteiger partial charge in [-0.15, -0.1) is 0 Å². The fraction of sp³-hybridized carbons (Fsp3) is 0.579. The molecule has 1 saturated heterocycles. The second-order valence-corrected chi connectivity index (χ2v) is 9.31. The van der Waals surface area contributed by atoms with Crippen LogP contribution in [0.1, 0.15) is 31.2 Å². The van der Waals surface area contributed by atoms with Gasteiger partial charge < -0.3 is 10.2 Å². The Morgan fingerprint density at radius 3 is 2.86 bits per heavy atom. The van der Waals surface area contributed by atoms with E-state index >= 15 is 0 Å². The molecular weight excluding hydrogens is 380 g/mol. The molecular formula is C19H28N4O4S. The Bertz CT molecular complexity index is 853. The summed E-state index contributed by atoms with van der Waals surface area (Å²) in [7, 11) is -0.0810. The lowest BCUT2D eigenvalue weighted by Gasteiger charge is -2.26. The molecule has 2 aliphatic heterocycles. The van der Waals surface area contributed by atoms with Crippen molar-refractivity contribution < 1.29 is 18.0 Å². The minimum atomic E-state index is -3.60. The molecule has 2 aliphatic rings. The summed E-state index contributed by atoms with van der Waals surface area (Å²) in [6, 6.07) is 4.69. The maximum absolute atomic E-state index is 12.6. The molecule has 1 aromatic carbocycles. The number of carbonyl (C=O) groups is 2. The number of likely N-dealkylation sites (N-methyl/N-ethyl adjacent to an activating group) is 1. The first-order chi connectivity index (χ1) is 13.3. The van der Waals surface area contributed by atoms with Gasteiger partial charge in [-0.25, -0.2) is 13.1 Å². The van der Waals surface area contributed by atoms with E-state index in [4.69, 9.17) is 0 Å². The molecule has 2 amide bonds. The summed E-state index contributed by atoms with van der Waals surface area (Å²) in [5.41, 5.74) is 1.52. The topological polar surface area (TPSA) is 98.8 Å². The lowest BCUT2D eigenvalue weighted by Crippen LogP contribution is -2.43. The van der Waals surface area contributed by atoms with Gasteiger partial charge in [-0.05, 0) is 56.0 Å². The van der Waals surface area contributed by atoms with Crippen molar-refractivity contribution in [3.05, 3.63) is 23.8 Å². The molecule has 0 bridgehead atoms. The van der Waals surface area contributed by atoms with Crippen LogP contribution in [0, 0.1) is 0 Å². The molecule has 28 heavy (non-hydrogen) atoms. The van der Waals surface area contributed by atoms with E-state index in [-0.39, 0.29) is 22.8 Å². The SMILES string of the molecule is CN(C)C(=O)C1CCCN1CCCNS(=O)(=O)c1ccc2c(c1)CCC(=O)N2. The van der Waals surface area contributed by atoms with Crippen LogP contribution < -0.4 is 10.0 Å². The molecule has 8 nitrogen and oxygen atoms in total. The highest BCUT2D eigenvalue weighted by Crippen LogP contribution is 2.25. The summed E-state index contributed by atoms with van der Waals surface area (Å²) in [5, 5.41) is 2.75. The van der Waals surface area contributed by atoms with Crippen LogP contribution in [0.5, 0.6) is 0 Å². The van der Waals surface area contributed by atoms with E-state index in [1.54, 1.807) is 31.1 Å². The van der Waals surface area contributed by atoms with Crippen molar-refractivity contribution >= 4 is 27.5 Å². The van der Waals surface area contributed by atoms with Gasteiger partial charge in [0.05, 0.1) is 10.9 Å². The molecule has 9 heteroatoms. The van der Waals surface area contributed by atoms with Crippen molar-refractivity contribution in [2.24, 2.45) is 0 Å². The van der Waals surface area contributed by atoms with Crippen LogP contribution >= 0.6 is 0 Å². The van der Waals surface area contributed by atoms with Gasteiger partial charge in [-0.1, -0.05) is 0 Å². The van der Waals surface area contributed by atoms with Crippen LogP contribution in [0.25, 0.3) is 0 Å². The monoisotopic (exact) mass is 408 g/mol. The van der Waals surface area contributed by atoms with E-state index < -0.39 is 10.0 Å². The maximum Gasteiger partial charge on any atom is 0.240 e. The second-order valence-electron chi connectivity index (χ2n) is 7.55. The van der Waals surface area contributed by atoms with E-state index in [9.17, 15) is 18.0 Å². The number of carbonyl (C=O) groups excluding carboxylic acids is 2. The summed E-state index contributed by atoms with van der Waals surface area (Å²) in [5.74, 6) is 0.0634. The third-order valence-corrected chi connectivity index (χ3v) is 6.74. The van der Waals surface area contributed by atoms with Gasteiger partial charge in [0.15, 0.2) is 0 Å². The molecule has 0 radical (unpaired) electrons. The fourth-order valence-electron chi connectivity index (χ4n) is 3.77. The maximum atomic E-state index is 12.6. The van der Waals surface area contributed by atoms with Crippen molar-refractivity contribution in [3.63, 3.8) is 0 Å². The highest BCUT2D eigenvalue weighted by atomic mass is 32.2. The standard InChI is InChI=1S/C19H28N4O4S/c1-22(2)19(25)17-5-3-11-23(17)12-4-10-20-28(26,27)15-7-8-16-14(13-15)6-9-18(24)21-16/h7-8,13,17,20H,3-6,9-12H2,1-2H3,(H,21,24).